The van der Waals surface area contributed by atoms with E-state index < -0.39 is 11.7 Å². The second-order valence-electron chi connectivity index (χ2n) is 6.65. The lowest BCUT2D eigenvalue weighted by atomic mass is 9.66. The van der Waals surface area contributed by atoms with Crippen molar-refractivity contribution in [2.75, 3.05) is 20.2 Å². The average molecular weight is 312 g/mol. The molecule has 1 aliphatic rings. The molecule has 1 aliphatic carbocycles. The van der Waals surface area contributed by atoms with E-state index in [4.69, 9.17) is 9.57 Å². The maximum absolute atomic E-state index is 12.6. The van der Waals surface area contributed by atoms with Crippen molar-refractivity contribution in [1.29, 1.82) is 0 Å². The number of amides is 2. The number of alkyl carbamates (subject to hydrolysis) is 1. The molecule has 1 N–H and O–H groups in total. The van der Waals surface area contributed by atoms with E-state index in [0.717, 1.165) is 19.3 Å². The second-order valence-corrected chi connectivity index (χ2v) is 6.65. The van der Waals surface area contributed by atoms with Crippen molar-refractivity contribution in [1.82, 2.24) is 10.4 Å². The van der Waals surface area contributed by atoms with Crippen LogP contribution in [0.2, 0.25) is 0 Å². The summed E-state index contributed by atoms with van der Waals surface area (Å²) in [6, 6.07) is 0. The summed E-state index contributed by atoms with van der Waals surface area (Å²) >= 11 is 0. The molecule has 0 spiro atoms. The average Bonchev–Trinajstić information content (AvgIpc) is 2.36. The highest BCUT2D eigenvalue weighted by atomic mass is 16.7. The van der Waals surface area contributed by atoms with Crippen LogP contribution in [-0.2, 0) is 14.4 Å². The second kappa shape index (κ2) is 7.63. The molecule has 0 aliphatic heterocycles. The number of ether oxygens (including phenoxy) is 1. The summed E-state index contributed by atoms with van der Waals surface area (Å²) in [7, 11) is 1.46. The van der Waals surface area contributed by atoms with Crippen LogP contribution in [0.15, 0.2) is 12.7 Å². The van der Waals surface area contributed by atoms with Gasteiger partial charge in [0.15, 0.2) is 0 Å². The zero-order valence-corrected chi connectivity index (χ0v) is 14.1. The number of hydrogen-bond donors (Lipinski definition) is 1. The van der Waals surface area contributed by atoms with E-state index in [1.807, 2.05) is 0 Å². The van der Waals surface area contributed by atoms with Gasteiger partial charge in [-0.25, -0.2) is 9.86 Å². The van der Waals surface area contributed by atoms with Crippen molar-refractivity contribution < 1.29 is 19.2 Å². The molecule has 1 fully saturated rings. The number of carbonyl (C=O) groups excluding carboxylic acids is 2. The van der Waals surface area contributed by atoms with Crippen molar-refractivity contribution in [2.45, 2.75) is 52.1 Å². The summed E-state index contributed by atoms with van der Waals surface area (Å²) < 4.78 is 5.14. The highest BCUT2D eigenvalue weighted by Gasteiger charge is 2.45. The highest BCUT2D eigenvalue weighted by molar-refractivity contribution is 5.83. The zero-order chi connectivity index (χ0) is 16.8. The van der Waals surface area contributed by atoms with Crippen molar-refractivity contribution in [3.63, 3.8) is 0 Å². The maximum atomic E-state index is 12.6. The summed E-state index contributed by atoms with van der Waals surface area (Å²) in [4.78, 5) is 29.3. The van der Waals surface area contributed by atoms with Gasteiger partial charge in [0.25, 0.3) is 5.91 Å². The molecule has 0 aromatic carbocycles. The highest BCUT2D eigenvalue weighted by Crippen LogP contribution is 2.45. The van der Waals surface area contributed by atoms with Crippen LogP contribution in [0, 0.1) is 5.41 Å². The Labute approximate surface area is 132 Å². The van der Waals surface area contributed by atoms with Crippen LogP contribution in [0.5, 0.6) is 0 Å². The van der Waals surface area contributed by atoms with Gasteiger partial charge >= 0.3 is 6.09 Å². The Morgan fingerprint density at radius 2 is 2.00 bits per heavy atom. The van der Waals surface area contributed by atoms with Gasteiger partial charge in [-0.2, -0.15) is 0 Å². The third-order valence-corrected chi connectivity index (χ3v) is 3.73. The first-order valence-electron chi connectivity index (χ1n) is 7.68. The Kier molecular flexibility index (Phi) is 6.41. The minimum atomic E-state index is -0.541. The quantitative estimate of drug-likeness (QED) is 0.579. The molecule has 1 saturated carbocycles. The number of rotatable bonds is 7. The van der Waals surface area contributed by atoms with Gasteiger partial charge in [0, 0.05) is 6.54 Å². The molecule has 0 radical (unpaired) electrons. The lowest BCUT2D eigenvalue weighted by Gasteiger charge is -2.42. The van der Waals surface area contributed by atoms with Crippen molar-refractivity contribution in [2.24, 2.45) is 5.41 Å². The van der Waals surface area contributed by atoms with Gasteiger partial charge in [0.2, 0.25) is 0 Å². The Balaban J connectivity index is 2.46. The largest absolute Gasteiger partial charge is 0.444 e. The molecule has 126 valence electrons. The van der Waals surface area contributed by atoms with Crippen molar-refractivity contribution >= 4 is 12.0 Å². The molecule has 0 bridgehead atoms. The summed E-state index contributed by atoms with van der Waals surface area (Å²) in [6.45, 7) is 9.69. The smallest absolute Gasteiger partial charge is 0.407 e. The van der Waals surface area contributed by atoms with Crippen LogP contribution < -0.4 is 5.32 Å². The van der Waals surface area contributed by atoms with Gasteiger partial charge in [-0.15, -0.1) is 6.58 Å². The van der Waals surface area contributed by atoms with Crippen LogP contribution in [-0.4, -0.2) is 42.9 Å². The minimum Gasteiger partial charge on any atom is -0.444 e. The standard InChI is InChI=1S/C16H28N2O4/c1-6-8-16(9-7-10-16)13(19)18(21-5)12-11-17-14(20)22-15(2,3)4/h6H,1,7-12H2,2-5H3,(H,17,20). The zero-order valence-electron chi connectivity index (χ0n) is 14.1. The fourth-order valence-corrected chi connectivity index (χ4v) is 2.50. The van der Waals surface area contributed by atoms with Crippen LogP contribution in [0.4, 0.5) is 4.79 Å². The molecular formula is C16H28N2O4. The molecule has 6 heteroatoms. The van der Waals surface area contributed by atoms with E-state index in [-0.39, 0.29) is 24.4 Å². The summed E-state index contributed by atoms with van der Waals surface area (Å²) in [5, 5.41) is 3.94. The van der Waals surface area contributed by atoms with E-state index in [2.05, 4.69) is 11.9 Å². The monoisotopic (exact) mass is 312 g/mol. The Hall–Kier alpha value is -1.56. The Morgan fingerprint density at radius 3 is 2.41 bits per heavy atom. The van der Waals surface area contributed by atoms with E-state index in [1.165, 1.54) is 12.2 Å². The van der Waals surface area contributed by atoms with E-state index in [9.17, 15) is 9.59 Å². The van der Waals surface area contributed by atoms with Crippen LogP contribution in [0.3, 0.4) is 0 Å². The van der Waals surface area contributed by atoms with E-state index >= 15 is 0 Å². The molecule has 0 atom stereocenters. The number of hydroxylamine groups is 2. The molecular weight excluding hydrogens is 284 g/mol. The first-order valence-corrected chi connectivity index (χ1v) is 7.68. The number of nitrogens with one attached hydrogen (secondary N) is 1. The SMILES string of the molecule is C=CCC1(C(=O)N(CCNC(=O)OC(C)(C)C)OC)CCC1. The molecule has 1 rings (SSSR count). The topological polar surface area (TPSA) is 67.9 Å². The Morgan fingerprint density at radius 1 is 1.36 bits per heavy atom. The fourth-order valence-electron chi connectivity index (χ4n) is 2.50. The van der Waals surface area contributed by atoms with Crippen LogP contribution in [0.1, 0.15) is 46.5 Å². The summed E-state index contributed by atoms with van der Waals surface area (Å²) in [5.41, 5.74) is -0.912. The molecule has 0 heterocycles. The maximum Gasteiger partial charge on any atom is 0.407 e. The van der Waals surface area contributed by atoms with Gasteiger partial charge in [0.1, 0.15) is 5.60 Å². The molecule has 0 unspecified atom stereocenters. The van der Waals surface area contributed by atoms with Gasteiger partial charge in [0.05, 0.1) is 19.1 Å². The summed E-state index contributed by atoms with van der Waals surface area (Å²) in [5.74, 6) is -0.0351. The van der Waals surface area contributed by atoms with Crippen molar-refractivity contribution in [3.8, 4) is 0 Å². The molecule has 2 amide bonds. The predicted molar refractivity (Wildman–Crippen MR) is 84.1 cm³/mol. The summed E-state index contributed by atoms with van der Waals surface area (Å²) in [6.07, 6.45) is 4.71. The van der Waals surface area contributed by atoms with Crippen LogP contribution >= 0.6 is 0 Å². The molecule has 0 aromatic rings. The number of hydrogen-bond acceptors (Lipinski definition) is 4. The van der Waals surface area contributed by atoms with E-state index in [0.29, 0.717) is 6.42 Å². The lowest BCUT2D eigenvalue weighted by Crippen LogP contribution is -2.49. The molecule has 22 heavy (non-hydrogen) atoms. The minimum absolute atomic E-state index is 0.0351. The molecule has 6 nitrogen and oxygen atoms in total. The first kappa shape index (κ1) is 18.5. The van der Waals surface area contributed by atoms with E-state index in [1.54, 1.807) is 26.8 Å². The normalized spacial score (nSPS) is 16.4. The van der Waals surface area contributed by atoms with Crippen LogP contribution in [0.25, 0.3) is 0 Å². The third kappa shape index (κ3) is 5.02. The van der Waals surface area contributed by atoms with Gasteiger partial charge in [-0.05, 0) is 40.0 Å². The fraction of sp³-hybridized carbons (Fsp3) is 0.750. The molecule has 0 saturated heterocycles. The number of nitrogens with zero attached hydrogens (tertiary/aromatic N) is 1. The number of allylic oxidation sites excluding steroid dienone is 1. The van der Waals surface area contributed by atoms with Gasteiger partial charge in [-0.1, -0.05) is 12.5 Å². The third-order valence-electron chi connectivity index (χ3n) is 3.73. The molecule has 0 aromatic heterocycles. The van der Waals surface area contributed by atoms with Crippen molar-refractivity contribution in [3.05, 3.63) is 12.7 Å². The van der Waals surface area contributed by atoms with Gasteiger partial charge in [-0.3, -0.25) is 9.63 Å². The first-order chi connectivity index (χ1) is 10.2. The van der Waals surface area contributed by atoms with Gasteiger partial charge < -0.3 is 10.1 Å². The number of carbonyl (C=O) groups is 2. The predicted octanol–water partition coefficient (Wildman–Crippen LogP) is 2.65. The lowest BCUT2D eigenvalue weighted by molar-refractivity contribution is -0.192. The Bertz CT molecular complexity index is 411.